The van der Waals surface area contributed by atoms with Crippen molar-refractivity contribution >= 4 is 17.4 Å². The SMILES string of the molecule is COc1ccc(/C(O)=C2/C(=O)C(=O)N(Cc3cc(C)ccc3C)C2c2cccnc2)cc1C. The van der Waals surface area contributed by atoms with E-state index in [9.17, 15) is 14.7 Å². The topological polar surface area (TPSA) is 79.7 Å². The van der Waals surface area contributed by atoms with Crippen LogP contribution in [0.2, 0.25) is 0 Å². The van der Waals surface area contributed by atoms with E-state index in [-0.39, 0.29) is 17.9 Å². The van der Waals surface area contributed by atoms with Crippen LogP contribution in [-0.4, -0.2) is 33.8 Å². The number of pyridine rings is 1. The molecule has 2 heterocycles. The number of nitrogens with zero attached hydrogens (tertiary/aromatic N) is 2. The number of benzene rings is 2. The molecule has 0 bridgehead atoms. The zero-order valence-corrected chi connectivity index (χ0v) is 19.1. The highest BCUT2D eigenvalue weighted by Crippen LogP contribution is 2.40. The van der Waals surface area contributed by atoms with Crippen LogP contribution in [0.15, 0.2) is 66.5 Å². The van der Waals surface area contributed by atoms with E-state index in [1.807, 2.05) is 45.0 Å². The van der Waals surface area contributed by atoms with Crippen molar-refractivity contribution in [3.8, 4) is 5.75 Å². The number of methoxy groups -OCH3 is 1. The van der Waals surface area contributed by atoms with E-state index in [0.717, 1.165) is 22.3 Å². The smallest absolute Gasteiger partial charge is 0.295 e. The van der Waals surface area contributed by atoms with Gasteiger partial charge in [0.15, 0.2) is 0 Å². The van der Waals surface area contributed by atoms with Crippen molar-refractivity contribution in [1.82, 2.24) is 9.88 Å². The summed E-state index contributed by atoms with van der Waals surface area (Å²) in [5.41, 5.74) is 5.02. The molecule has 1 N–H and O–H groups in total. The van der Waals surface area contributed by atoms with Gasteiger partial charge in [-0.2, -0.15) is 0 Å². The van der Waals surface area contributed by atoms with Crippen molar-refractivity contribution in [3.05, 3.63) is 99.9 Å². The number of aromatic nitrogens is 1. The molecule has 4 rings (SSSR count). The summed E-state index contributed by atoms with van der Waals surface area (Å²) in [5, 5.41) is 11.2. The number of aryl methyl sites for hydroxylation is 3. The lowest BCUT2D eigenvalue weighted by Gasteiger charge is -2.26. The molecule has 33 heavy (non-hydrogen) atoms. The van der Waals surface area contributed by atoms with Gasteiger partial charge in [0.1, 0.15) is 11.5 Å². The van der Waals surface area contributed by atoms with E-state index in [0.29, 0.717) is 16.9 Å². The maximum absolute atomic E-state index is 13.2. The number of ketones is 1. The number of hydrogen-bond donors (Lipinski definition) is 1. The van der Waals surface area contributed by atoms with Gasteiger partial charge in [-0.15, -0.1) is 0 Å². The lowest BCUT2D eigenvalue weighted by atomic mass is 9.95. The zero-order chi connectivity index (χ0) is 23.7. The van der Waals surface area contributed by atoms with Gasteiger partial charge in [-0.05, 0) is 67.3 Å². The fourth-order valence-corrected chi connectivity index (χ4v) is 4.26. The second-order valence-electron chi connectivity index (χ2n) is 8.33. The third-order valence-electron chi connectivity index (χ3n) is 6.05. The number of hydrogen-bond acceptors (Lipinski definition) is 5. The molecule has 1 unspecified atom stereocenters. The van der Waals surface area contributed by atoms with Crippen LogP contribution < -0.4 is 4.74 Å². The van der Waals surface area contributed by atoms with Gasteiger partial charge in [0.25, 0.3) is 11.7 Å². The van der Waals surface area contributed by atoms with Gasteiger partial charge < -0.3 is 14.7 Å². The molecule has 6 nitrogen and oxygen atoms in total. The van der Waals surface area contributed by atoms with Crippen LogP contribution >= 0.6 is 0 Å². The third-order valence-corrected chi connectivity index (χ3v) is 6.05. The molecule has 1 fully saturated rings. The number of rotatable bonds is 5. The highest BCUT2D eigenvalue weighted by molar-refractivity contribution is 6.46. The Labute approximate surface area is 193 Å². The molecule has 1 atom stereocenters. The first-order chi connectivity index (χ1) is 15.8. The molecular weight excluding hydrogens is 416 g/mol. The molecule has 1 amide bonds. The van der Waals surface area contributed by atoms with Gasteiger partial charge in [0.05, 0.1) is 18.7 Å². The van der Waals surface area contributed by atoms with Crippen molar-refractivity contribution in [1.29, 1.82) is 0 Å². The summed E-state index contributed by atoms with van der Waals surface area (Å²) >= 11 is 0. The van der Waals surface area contributed by atoms with Crippen LogP contribution in [0.1, 0.15) is 39.4 Å². The van der Waals surface area contributed by atoms with Crippen molar-refractivity contribution in [2.75, 3.05) is 7.11 Å². The number of aliphatic hydroxyl groups excluding tert-OH is 1. The highest BCUT2D eigenvalue weighted by Gasteiger charge is 2.46. The molecule has 0 spiro atoms. The second kappa shape index (κ2) is 8.90. The molecule has 0 saturated carbocycles. The fraction of sp³-hybridized carbons (Fsp3) is 0.222. The van der Waals surface area contributed by atoms with Gasteiger partial charge in [-0.1, -0.05) is 29.8 Å². The first-order valence-corrected chi connectivity index (χ1v) is 10.7. The Bertz CT molecular complexity index is 1260. The Kier molecular flexibility index (Phi) is 6.01. The summed E-state index contributed by atoms with van der Waals surface area (Å²) in [5.74, 6) is -0.890. The number of carbonyl (C=O) groups is 2. The van der Waals surface area contributed by atoms with Gasteiger partial charge in [-0.3, -0.25) is 14.6 Å². The lowest BCUT2D eigenvalue weighted by molar-refractivity contribution is -0.140. The molecule has 6 heteroatoms. The van der Waals surface area contributed by atoms with Gasteiger partial charge in [-0.25, -0.2) is 0 Å². The molecule has 1 aromatic heterocycles. The largest absolute Gasteiger partial charge is 0.507 e. The van der Waals surface area contributed by atoms with Crippen LogP contribution in [0.25, 0.3) is 5.76 Å². The molecule has 1 aliphatic rings. The van der Waals surface area contributed by atoms with Crippen LogP contribution in [0, 0.1) is 20.8 Å². The number of likely N-dealkylation sites (tertiary alicyclic amines) is 1. The quantitative estimate of drug-likeness (QED) is 0.354. The summed E-state index contributed by atoms with van der Waals surface area (Å²) in [6, 6.07) is 14.0. The minimum atomic E-state index is -0.749. The lowest BCUT2D eigenvalue weighted by Crippen LogP contribution is -2.29. The predicted molar refractivity (Wildman–Crippen MR) is 126 cm³/mol. The average molecular weight is 443 g/mol. The summed E-state index contributed by atoms with van der Waals surface area (Å²) in [7, 11) is 1.57. The van der Waals surface area contributed by atoms with E-state index in [2.05, 4.69) is 4.98 Å². The Morgan fingerprint density at radius 3 is 2.52 bits per heavy atom. The van der Waals surface area contributed by atoms with Crippen molar-refractivity contribution < 1.29 is 19.4 Å². The Morgan fingerprint density at radius 2 is 1.85 bits per heavy atom. The number of amides is 1. The second-order valence-corrected chi connectivity index (χ2v) is 8.33. The van der Waals surface area contributed by atoms with E-state index >= 15 is 0 Å². The normalized spacial score (nSPS) is 17.5. The number of ether oxygens (including phenoxy) is 1. The summed E-state index contributed by atoms with van der Waals surface area (Å²) in [4.78, 5) is 32.1. The molecule has 168 valence electrons. The molecule has 1 aliphatic heterocycles. The molecule has 2 aromatic carbocycles. The Morgan fingerprint density at radius 1 is 1.06 bits per heavy atom. The Hall–Kier alpha value is -3.93. The minimum absolute atomic E-state index is 0.0582. The van der Waals surface area contributed by atoms with E-state index in [1.165, 1.54) is 4.90 Å². The third kappa shape index (κ3) is 4.12. The van der Waals surface area contributed by atoms with Crippen LogP contribution in [-0.2, 0) is 16.1 Å². The maximum Gasteiger partial charge on any atom is 0.295 e. The average Bonchev–Trinajstić information content (AvgIpc) is 3.06. The standard InChI is InChI=1S/C27H26N2O4/c1-16-7-8-17(2)21(12-16)15-29-24(20-6-5-11-28-14-20)23(26(31)27(29)32)25(30)19-9-10-22(33-4)18(3)13-19/h5-14,24,30H,15H2,1-4H3/b25-23-. The summed E-state index contributed by atoms with van der Waals surface area (Å²) in [6.07, 6.45) is 3.26. The molecular formula is C27H26N2O4. The minimum Gasteiger partial charge on any atom is -0.507 e. The predicted octanol–water partition coefficient (Wildman–Crippen LogP) is 4.64. The van der Waals surface area contributed by atoms with Crippen LogP contribution in [0.3, 0.4) is 0 Å². The molecule has 1 saturated heterocycles. The first-order valence-electron chi connectivity index (χ1n) is 10.7. The van der Waals surface area contributed by atoms with E-state index in [4.69, 9.17) is 4.74 Å². The Balaban J connectivity index is 1.86. The van der Waals surface area contributed by atoms with Gasteiger partial charge >= 0.3 is 0 Å². The summed E-state index contributed by atoms with van der Waals surface area (Å²) < 4.78 is 5.30. The van der Waals surface area contributed by atoms with E-state index < -0.39 is 17.7 Å². The zero-order valence-electron chi connectivity index (χ0n) is 19.1. The van der Waals surface area contributed by atoms with Gasteiger partial charge in [0, 0.05) is 24.5 Å². The highest BCUT2D eigenvalue weighted by atomic mass is 16.5. The monoisotopic (exact) mass is 442 g/mol. The fourth-order valence-electron chi connectivity index (χ4n) is 4.26. The maximum atomic E-state index is 13.2. The van der Waals surface area contributed by atoms with Crippen LogP contribution in [0.4, 0.5) is 0 Å². The number of Topliss-reactive ketones (excluding diaryl/α,β-unsaturated/α-hetero) is 1. The summed E-state index contributed by atoms with van der Waals surface area (Å²) in [6.45, 7) is 6.07. The van der Waals surface area contributed by atoms with Crippen molar-refractivity contribution in [2.45, 2.75) is 33.4 Å². The van der Waals surface area contributed by atoms with Crippen molar-refractivity contribution in [3.63, 3.8) is 0 Å². The molecule has 0 aliphatic carbocycles. The van der Waals surface area contributed by atoms with Gasteiger partial charge in [0.2, 0.25) is 0 Å². The first kappa shape index (κ1) is 22.3. The molecule has 0 radical (unpaired) electrons. The number of carbonyl (C=O) groups excluding carboxylic acids is 2. The van der Waals surface area contributed by atoms with E-state index in [1.54, 1.807) is 43.8 Å². The van der Waals surface area contributed by atoms with Crippen molar-refractivity contribution in [2.24, 2.45) is 0 Å². The molecule has 3 aromatic rings. The number of aliphatic hydroxyl groups is 1. The van der Waals surface area contributed by atoms with Crippen LogP contribution in [0.5, 0.6) is 5.75 Å².